The number of anilines is 3. The first-order chi connectivity index (χ1) is 13.5. The average molecular weight is 396 g/mol. The molecular weight excluding hydrogens is 378 g/mol. The number of nitrogens with one attached hydrogen (secondary N) is 3. The van der Waals surface area contributed by atoms with Crippen molar-refractivity contribution in [1.82, 2.24) is 9.97 Å². The number of halogens is 1. The second kappa shape index (κ2) is 8.96. The van der Waals surface area contributed by atoms with E-state index in [0.717, 1.165) is 5.56 Å². The highest BCUT2D eigenvalue weighted by Gasteiger charge is 2.08. The molecule has 7 nitrogen and oxygen atoms in total. The van der Waals surface area contributed by atoms with Gasteiger partial charge in [-0.25, -0.2) is 9.97 Å². The van der Waals surface area contributed by atoms with Crippen LogP contribution in [0.1, 0.15) is 22.8 Å². The van der Waals surface area contributed by atoms with Gasteiger partial charge in [0.1, 0.15) is 0 Å². The minimum Gasteiger partial charge on any atom is -0.350 e. The van der Waals surface area contributed by atoms with E-state index in [-0.39, 0.29) is 11.8 Å². The predicted octanol–water partition coefficient (Wildman–Crippen LogP) is 3.95. The summed E-state index contributed by atoms with van der Waals surface area (Å²) >= 11 is 6.11. The van der Waals surface area contributed by atoms with Crippen molar-refractivity contribution in [3.63, 3.8) is 0 Å². The van der Waals surface area contributed by atoms with Crippen LogP contribution in [0.2, 0.25) is 5.02 Å². The van der Waals surface area contributed by atoms with Gasteiger partial charge in [-0.1, -0.05) is 29.8 Å². The van der Waals surface area contributed by atoms with Crippen molar-refractivity contribution in [3.05, 3.63) is 77.1 Å². The van der Waals surface area contributed by atoms with E-state index < -0.39 is 0 Å². The quantitative estimate of drug-likeness (QED) is 0.587. The third kappa shape index (κ3) is 5.28. The number of carbonyl (C=O) groups is 2. The van der Waals surface area contributed by atoms with Crippen LogP contribution in [-0.4, -0.2) is 21.8 Å². The van der Waals surface area contributed by atoms with Crippen LogP contribution in [0, 0.1) is 0 Å². The zero-order valence-corrected chi connectivity index (χ0v) is 15.8. The Hall–Kier alpha value is -3.45. The zero-order chi connectivity index (χ0) is 19.9. The molecule has 2 aromatic carbocycles. The van der Waals surface area contributed by atoms with E-state index in [9.17, 15) is 9.59 Å². The number of nitrogens with zero attached hydrogens (tertiary/aromatic N) is 2. The first kappa shape index (κ1) is 19.3. The van der Waals surface area contributed by atoms with Gasteiger partial charge in [-0.2, -0.15) is 0 Å². The SMILES string of the molecule is CC(=O)Nc1ccc(NC(=O)c2cnc(NCc3ccccc3Cl)nc2)cc1. The maximum Gasteiger partial charge on any atom is 0.258 e. The molecule has 3 rings (SSSR count). The van der Waals surface area contributed by atoms with E-state index in [1.54, 1.807) is 24.3 Å². The zero-order valence-electron chi connectivity index (χ0n) is 15.1. The van der Waals surface area contributed by atoms with Gasteiger partial charge in [0, 0.05) is 42.3 Å². The lowest BCUT2D eigenvalue weighted by Crippen LogP contribution is -2.13. The van der Waals surface area contributed by atoms with Crippen molar-refractivity contribution >= 4 is 40.7 Å². The van der Waals surface area contributed by atoms with E-state index in [1.165, 1.54) is 19.3 Å². The highest BCUT2D eigenvalue weighted by molar-refractivity contribution is 6.31. The number of hydrogen-bond donors (Lipinski definition) is 3. The molecule has 0 saturated carbocycles. The molecule has 2 amide bonds. The Morgan fingerprint density at radius 2 is 1.54 bits per heavy atom. The van der Waals surface area contributed by atoms with Gasteiger partial charge in [0.15, 0.2) is 0 Å². The summed E-state index contributed by atoms with van der Waals surface area (Å²) in [6.07, 6.45) is 2.89. The molecule has 142 valence electrons. The second-order valence-electron chi connectivity index (χ2n) is 5.95. The molecule has 0 bridgehead atoms. The van der Waals surface area contributed by atoms with Crippen molar-refractivity contribution in [2.75, 3.05) is 16.0 Å². The molecule has 0 saturated heterocycles. The Morgan fingerprint density at radius 3 is 2.14 bits per heavy atom. The molecule has 3 N–H and O–H groups in total. The summed E-state index contributed by atoms with van der Waals surface area (Å²) in [5.74, 6) is -0.0850. The molecule has 1 aromatic heterocycles. The Labute approximate surface area is 167 Å². The molecule has 0 fully saturated rings. The fourth-order valence-corrected chi connectivity index (χ4v) is 2.60. The largest absolute Gasteiger partial charge is 0.350 e. The Balaban J connectivity index is 1.57. The number of aromatic nitrogens is 2. The van der Waals surface area contributed by atoms with Crippen molar-refractivity contribution in [2.24, 2.45) is 0 Å². The van der Waals surface area contributed by atoms with E-state index in [4.69, 9.17) is 11.6 Å². The van der Waals surface area contributed by atoms with Crippen LogP contribution in [0.15, 0.2) is 60.9 Å². The van der Waals surface area contributed by atoms with Crippen LogP contribution in [0.25, 0.3) is 0 Å². The molecule has 0 radical (unpaired) electrons. The number of hydrogen-bond acceptors (Lipinski definition) is 5. The van der Waals surface area contributed by atoms with Crippen LogP contribution < -0.4 is 16.0 Å². The van der Waals surface area contributed by atoms with Gasteiger partial charge in [0.25, 0.3) is 5.91 Å². The smallest absolute Gasteiger partial charge is 0.258 e. The highest BCUT2D eigenvalue weighted by Crippen LogP contribution is 2.16. The number of amides is 2. The highest BCUT2D eigenvalue weighted by atomic mass is 35.5. The molecule has 3 aromatic rings. The Kier molecular flexibility index (Phi) is 6.18. The fourth-order valence-electron chi connectivity index (χ4n) is 2.40. The maximum atomic E-state index is 12.3. The third-order valence-electron chi connectivity index (χ3n) is 3.77. The monoisotopic (exact) mass is 395 g/mol. The summed E-state index contributed by atoms with van der Waals surface area (Å²) in [6.45, 7) is 1.91. The van der Waals surface area contributed by atoms with Gasteiger partial charge in [-0.3, -0.25) is 9.59 Å². The maximum absolute atomic E-state index is 12.3. The molecule has 0 spiro atoms. The molecule has 1 heterocycles. The first-order valence-corrected chi connectivity index (χ1v) is 8.87. The van der Waals surface area contributed by atoms with Crippen molar-refractivity contribution in [2.45, 2.75) is 13.5 Å². The van der Waals surface area contributed by atoms with Crippen LogP contribution in [0.5, 0.6) is 0 Å². The normalized spacial score (nSPS) is 10.2. The number of carbonyl (C=O) groups excluding carboxylic acids is 2. The standard InChI is InChI=1S/C20H18ClN5O2/c1-13(27)25-16-6-8-17(9-7-16)26-19(28)15-11-23-20(24-12-15)22-10-14-4-2-3-5-18(14)21/h2-9,11-12H,10H2,1H3,(H,25,27)(H,26,28)(H,22,23,24). The molecule has 0 aliphatic heterocycles. The fraction of sp³-hybridized carbons (Fsp3) is 0.100. The van der Waals surface area contributed by atoms with Crippen molar-refractivity contribution < 1.29 is 9.59 Å². The average Bonchev–Trinajstić information content (AvgIpc) is 2.69. The lowest BCUT2D eigenvalue weighted by atomic mass is 10.2. The van der Waals surface area contributed by atoms with Gasteiger partial charge in [0.2, 0.25) is 11.9 Å². The van der Waals surface area contributed by atoms with Crippen molar-refractivity contribution in [3.8, 4) is 0 Å². The molecular formula is C20H18ClN5O2. The van der Waals surface area contributed by atoms with Crippen LogP contribution >= 0.6 is 11.6 Å². The summed E-state index contributed by atoms with van der Waals surface area (Å²) in [7, 11) is 0. The van der Waals surface area contributed by atoms with Crippen LogP contribution in [-0.2, 0) is 11.3 Å². The summed E-state index contributed by atoms with van der Waals surface area (Å²) in [6, 6.07) is 14.3. The molecule has 0 unspecified atom stereocenters. The number of rotatable bonds is 6. The van der Waals surface area contributed by atoms with Gasteiger partial charge >= 0.3 is 0 Å². The topological polar surface area (TPSA) is 96.0 Å². The van der Waals surface area contributed by atoms with Crippen LogP contribution in [0.4, 0.5) is 17.3 Å². The van der Waals surface area contributed by atoms with Gasteiger partial charge in [0.05, 0.1) is 5.56 Å². The molecule has 0 aliphatic rings. The summed E-state index contributed by atoms with van der Waals surface area (Å²) in [5, 5.41) is 9.15. The molecule has 0 aliphatic carbocycles. The minimum atomic E-state index is -0.329. The molecule has 28 heavy (non-hydrogen) atoms. The molecule has 0 atom stereocenters. The first-order valence-electron chi connectivity index (χ1n) is 8.49. The summed E-state index contributed by atoms with van der Waals surface area (Å²) in [4.78, 5) is 31.7. The van der Waals surface area contributed by atoms with Gasteiger partial charge in [-0.05, 0) is 35.9 Å². The lowest BCUT2D eigenvalue weighted by Gasteiger charge is -2.08. The predicted molar refractivity (Wildman–Crippen MR) is 110 cm³/mol. The Morgan fingerprint density at radius 1 is 0.929 bits per heavy atom. The van der Waals surface area contributed by atoms with E-state index >= 15 is 0 Å². The molecule has 8 heteroatoms. The summed E-state index contributed by atoms with van der Waals surface area (Å²) < 4.78 is 0. The van der Waals surface area contributed by atoms with E-state index in [1.807, 2.05) is 24.3 Å². The minimum absolute atomic E-state index is 0.155. The second-order valence-corrected chi connectivity index (χ2v) is 6.36. The van der Waals surface area contributed by atoms with E-state index in [2.05, 4.69) is 25.9 Å². The van der Waals surface area contributed by atoms with Gasteiger partial charge < -0.3 is 16.0 Å². The Bertz CT molecular complexity index is 975. The van der Waals surface area contributed by atoms with Crippen LogP contribution in [0.3, 0.4) is 0 Å². The van der Waals surface area contributed by atoms with Crippen molar-refractivity contribution in [1.29, 1.82) is 0 Å². The number of benzene rings is 2. The van der Waals surface area contributed by atoms with Gasteiger partial charge in [-0.15, -0.1) is 0 Å². The summed E-state index contributed by atoms with van der Waals surface area (Å²) in [5.41, 5.74) is 2.51. The lowest BCUT2D eigenvalue weighted by molar-refractivity contribution is -0.114. The van der Waals surface area contributed by atoms with E-state index in [0.29, 0.717) is 34.5 Å². The third-order valence-corrected chi connectivity index (χ3v) is 4.14.